The van der Waals surface area contributed by atoms with Gasteiger partial charge in [-0.2, -0.15) is 17.5 Å². The molecule has 4 rings (SSSR count). The van der Waals surface area contributed by atoms with Gasteiger partial charge in [0.05, 0.1) is 6.04 Å². The van der Waals surface area contributed by atoms with Crippen molar-refractivity contribution in [1.82, 2.24) is 44.8 Å². The van der Waals surface area contributed by atoms with Crippen LogP contribution in [0.15, 0.2) is 36.9 Å². The lowest BCUT2D eigenvalue weighted by molar-refractivity contribution is -0.143. The molecule has 2 heterocycles. The molecule has 16 nitrogen and oxygen atoms in total. The first-order valence-corrected chi connectivity index (χ1v) is 17.4. The van der Waals surface area contributed by atoms with E-state index in [1.54, 1.807) is 65.8 Å². The lowest BCUT2D eigenvalue weighted by Gasteiger charge is -2.36. The summed E-state index contributed by atoms with van der Waals surface area (Å²) < 4.78 is 33.2. The van der Waals surface area contributed by atoms with Crippen LogP contribution in [0.5, 0.6) is 0 Å². The summed E-state index contributed by atoms with van der Waals surface area (Å²) in [4.78, 5) is 57.3. The Balaban J connectivity index is 1.68. The van der Waals surface area contributed by atoms with E-state index < -0.39 is 74.6 Å². The summed E-state index contributed by atoms with van der Waals surface area (Å²) in [6, 6.07) is 3.93. The molecule has 268 valence electrons. The molecule has 49 heavy (non-hydrogen) atoms. The normalized spacial score (nSPS) is 23.1. The van der Waals surface area contributed by atoms with Crippen LogP contribution in [0.3, 0.4) is 0 Å². The van der Waals surface area contributed by atoms with Gasteiger partial charge in [-0.1, -0.05) is 50.6 Å². The van der Waals surface area contributed by atoms with Gasteiger partial charge in [0.2, 0.25) is 17.6 Å². The highest BCUT2D eigenvalue weighted by atomic mass is 35.5. The Morgan fingerprint density at radius 1 is 1.16 bits per heavy atom. The summed E-state index contributed by atoms with van der Waals surface area (Å²) in [6.07, 6.45) is 0.754. The second-order valence-corrected chi connectivity index (χ2v) is 16.8. The van der Waals surface area contributed by atoms with E-state index in [1.165, 1.54) is 29.9 Å². The molecule has 3 N–H and O–H groups in total. The van der Waals surface area contributed by atoms with Crippen LogP contribution in [0.2, 0.25) is 5.02 Å². The maximum atomic E-state index is 14.4. The zero-order valence-electron chi connectivity index (χ0n) is 28.9. The number of hydrogen-bond acceptors (Lipinski definition) is 10. The Hall–Kier alpha value is -4.09. The minimum Gasteiger partial charge on any atom is -0.444 e. The number of nitrogens with zero attached hydrogens (tertiary/aromatic N) is 6. The number of rotatable bonds is 10. The highest BCUT2D eigenvalue weighted by Crippen LogP contribution is 2.45. The zero-order valence-corrected chi connectivity index (χ0v) is 30.4. The molecule has 2 aromatic rings. The molecule has 1 aromatic carbocycles. The fraction of sp³-hybridized carbons (Fsp3) is 0.581. The molecule has 18 heteroatoms. The predicted octanol–water partition coefficient (Wildman–Crippen LogP) is 2.06. The van der Waals surface area contributed by atoms with Crippen molar-refractivity contribution >= 4 is 45.6 Å². The monoisotopic (exact) mass is 721 g/mol. The highest BCUT2D eigenvalue weighted by molar-refractivity contribution is 7.87. The first-order chi connectivity index (χ1) is 22.6. The molecule has 1 aromatic heterocycles. The SMILES string of the molecule is C=C[C@@H]1C[C@]1(NC(=O)[C@@H]1C[C@@H](n2nnc(-c3cccc(Cl)c3)n2)CN1C(=O)[C@@H](NC(=O)OC(C)(C)C)C(C)(C)C)C(=O)NS(=O)(=O)N(C)C. The van der Waals surface area contributed by atoms with Gasteiger partial charge >= 0.3 is 16.3 Å². The molecule has 0 spiro atoms. The number of nitrogens with one attached hydrogen (secondary N) is 3. The largest absolute Gasteiger partial charge is 0.444 e. The van der Waals surface area contributed by atoms with E-state index in [0.29, 0.717) is 10.6 Å². The van der Waals surface area contributed by atoms with Gasteiger partial charge in [0, 0.05) is 43.6 Å². The van der Waals surface area contributed by atoms with Crippen molar-refractivity contribution in [3.8, 4) is 11.4 Å². The molecule has 1 saturated heterocycles. The van der Waals surface area contributed by atoms with Gasteiger partial charge in [0.15, 0.2) is 0 Å². The molecule has 2 aliphatic rings. The van der Waals surface area contributed by atoms with Crippen molar-refractivity contribution in [3.05, 3.63) is 41.9 Å². The Labute approximate surface area is 291 Å². The summed E-state index contributed by atoms with van der Waals surface area (Å²) in [5.41, 5.74) is -2.67. The minimum atomic E-state index is -4.18. The standard InChI is InChI=1S/C31H44ClN9O7S/c1-10-19-16-31(19,27(44)37-49(46,47)39(8)9)34-25(42)22-15-21(41-36-24(35-38-41)18-12-11-13-20(32)14-18)17-40(22)26(43)23(29(2,3)4)33-28(45)48-30(5,6)7/h10-14,19,21-23H,1,15-17H2,2-9H3,(H,33,45)(H,34,42)(H,37,44)/t19-,21-,22+,23-,31-/m1/s1. The number of hydrogen-bond donors (Lipinski definition) is 3. The summed E-state index contributed by atoms with van der Waals surface area (Å²) in [6.45, 7) is 14.0. The van der Waals surface area contributed by atoms with Crippen molar-refractivity contribution in [2.75, 3.05) is 20.6 Å². The quantitative estimate of drug-likeness (QED) is 0.305. The summed E-state index contributed by atoms with van der Waals surface area (Å²) in [7, 11) is -1.66. The van der Waals surface area contributed by atoms with Gasteiger partial charge in [-0.3, -0.25) is 14.4 Å². The van der Waals surface area contributed by atoms with E-state index in [2.05, 4.69) is 32.6 Å². The lowest BCUT2D eigenvalue weighted by Crippen LogP contribution is -2.60. The second kappa shape index (κ2) is 13.7. The Kier molecular flexibility index (Phi) is 10.5. The van der Waals surface area contributed by atoms with Gasteiger partial charge in [-0.15, -0.1) is 16.8 Å². The third kappa shape index (κ3) is 8.56. The molecule has 0 bridgehead atoms. The Morgan fingerprint density at radius 2 is 1.84 bits per heavy atom. The zero-order chi connectivity index (χ0) is 36.7. The molecule has 1 aliphatic carbocycles. The van der Waals surface area contributed by atoms with Crippen LogP contribution < -0.4 is 15.4 Å². The van der Waals surface area contributed by atoms with Crippen LogP contribution >= 0.6 is 11.6 Å². The average Bonchev–Trinajstić information content (AvgIpc) is 3.29. The molecular weight excluding hydrogens is 678 g/mol. The van der Waals surface area contributed by atoms with Crippen LogP contribution in [-0.4, -0.2) is 106 Å². The van der Waals surface area contributed by atoms with Gasteiger partial charge in [-0.05, 0) is 50.0 Å². The number of amides is 4. The first-order valence-electron chi connectivity index (χ1n) is 15.6. The fourth-order valence-electron chi connectivity index (χ4n) is 5.47. The van der Waals surface area contributed by atoms with Crippen molar-refractivity contribution in [3.63, 3.8) is 0 Å². The predicted molar refractivity (Wildman–Crippen MR) is 180 cm³/mol. The number of carbonyl (C=O) groups is 4. The molecule has 0 radical (unpaired) electrons. The number of benzene rings is 1. The van der Waals surface area contributed by atoms with Gasteiger partial charge in [0.25, 0.3) is 5.91 Å². The van der Waals surface area contributed by atoms with Crippen molar-refractivity contribution in [1.29, 1.82) is 0 Å². The maximum absolute atomic E-state index is 14.4. The van der Waals surface area contributed by atoms with Gasteiger partial charge in [0.1, 0.15) is 23.2 Å². The second-order valence-electron chi connectivity index (χ2n) is 14.5. The third-order valence-corrected chi connectivity index (χ3v) is 9.87. The molecule has 4 amide bonds. The van der Waals surface area contributed by atoms with Crippen LogP contribution in [0.1, 0.15) is 60.4 Å². The van der Waals surface area contributed by atoms with Crippen molar-refractivity contribution in [2.24, 2.45) is 11.3 Å². The smallest absolute Gasteiger partial charge is 0.408 e. The topological polar surface area (TPSA) is 198 Å². The van der Waals surface area contributed by atoms with E-state index in [-0.39, 0.29) is 25.2 Å². The lowest BCUT2D eigenvalue weighted by atomic mass is 9.85. The van der Waals surface area contributed by atoms with Gasteiger partial charge < -0.3 is 20.3 Å². The Bertz CT molecular complexity index is 1730. The fourth-order valence-corrected chi connectivity index (χ4v) is 6.26. The van der Waals surface area contributed by atoms with Crippen molar-refractivity contribution < 1.29 is 32.3 Å². The molecule has 0 unspecified atom stereocenters. The van der Waals surface area contributed by atoms with Crippen LogP contribution in [-0.2, 0) is 29.3 Å². The first kappa shape index (κ1) is 37.7. The van der Waals surface area contributed by atoms with E-state index in [4.69, 9.17) is 16.3 Å². The van der Waals surface area contributed by atoms with E-state index in [1.807, 2.05) is 4.72 Å². The summed E-state index contributed by atoms with van der Waals surface area (Å²) in [5, 5.41) is 18.7. The number of likely N-dealkylation sites (tertiary alicyclic amines) is 1. The average molecular weight is 722 g/mol. The molecule has 1 saturated carbocycles. The summed E-state index contributed by atoms with van der Waals surface area (Å²) in [5.74, 6) is -2.52. The van der Waals surface area contributed by atoms with E-state index in [0.717, 1.165) is 4.31 Å². The number of halogens is 1. The maximum Gasteiger partial charge on any atom is 0.408 e. The number of alkyl carbamates (subject to hydrolysis) is 1. The third-order valence-electron chi connectivity index (χ3n) is 8.23. The van der Waals surface area contributed by atoms with Crippen LogP contribution in [0.4, 0.5) is 4.79 Å². The molecular formula is C31H44ClN9O7S. The number of ether oxygens (including phenoxy) is 1. The van der Waals surface area contributed by atoms with E-state index >= 15 is 0 Å². The number of tetrazole rings is 1. The van der Waals surface area contributed by atoms with Crippen LogP contribution in [0.25, 0.3) is 11.4 Å². The molecule has 5 atom stereocenters. The highest BCUT2D eigenvalue weighted by Gasteiger charge is 2.61. The van der Waals surface area contributed by atoms with E-state index in [9.17, 15) is 27.6 Å². The molecule has 2 fully saturated rings. The molecule has 1 aliphatic heterocycles. The number of carbonyl (C=O) groups excluding carboxylic acids is 4. The Morgan fingerprint density at radius 3 is 2.39 bits per heavy atom. The minimum absolute atomic E-state index is 0.0126. The van der Waals surface area contributed by atoms with Crippen LogP contribution in [0, 0.1) is 11.3 Å². The number of aromatic nitrogens is 4. The van der Waals surface area contributed by atoms with Gasteiger partial charge in [-0.25, -0.2) is 9.52 Å². The van der Waals surface area contributed by atoms with Crippen molar-refractivity contribution in [2.45, 2.75) is 83.6 Å². The summed E-state index contributed by atoms with van der Waals surface area (Å²) >= 11 is 6.15.